The smallest absolute Gasteiger partial charge is 0.262 e. The topological polar surface area (TPSA) is 110 Å². The number of halogens is 2. The van der Waals surface area contributed by atoms with E-state index < -0.39 is 23.1 Å². The van der Waals surface area contributed by atoms with E-state index in [1.165, 1.54) is 29.8 Å². The van der Waals surface area contributed by atoms with E-state index in [9.17, 15) is 14.7 Å². The van der Waals surface area contributed by atoms with Gasteiger partial charge in [0.25, 0.3) is 11.8 Å². The first-order chi connectivity index (χ1) is 18.6. The van der Waals surface area contributed by atoms with E-state index in [1.807, 2.05) is 0 Å². The van der Waals surface area contributed by atoms with Gasteiger partial charge in [0, 0.05) is 43.2 Å². The van der Waals surface area contributed by atoms with Gasteiger partial charge in [-0.1, -0.05) is 53.5 Å². The molecule has 2 aromatic carbocycles. The molecule has 0 aliphatic carbocycles. The lowest BCUT2D eigenvalue weighted by atomic mass is 9.83. The summed E-state index contributed by atoms with van der Waals surface area (Å²) in [6, 6.07) is 17.2. The molecule has 39 heavy (non-hydrogen) atoms. The summed E-state index contributed by atoms with van der Waals surface area (Å²) < 4.78 is 7.55. The molecule has 2 amide bonds. The maximum absolute atomic E-state index is 14.2. The molecule has 2 N–H and O–H groups in total. The third-order valence-electron chi connectivity index (χ3n) is 6.89. The number of pyridine rings is 1. The molecule has 11 heteroatoms. The number of hydrogen-bond donors (Lipinski definition) is 2. The molecule has 0 radical (unpaired) electrons. The standard InChI is InChI=1S/C28H25Cl2N5O4/c1-27(38,26(37)32-23-13-14-34(2)33-23)28(39-3)22-6-4-5-21(17-7-9-18(29)10-8-17)24(22)25(36)35(28)16-20-12-11-19(30)15-31-20/h4-15,38H,16H2,1-3H3,(H,32,33,37)/t27?,28-/m1/s1. The molecule has 0 fully saturated rings. The lowest BCUT2D eigenvalue weighted by Gasteiger charge is -2.46. The summed E-state index contributed by atoms with van der Waals surface area (Å²) in [6.45, 7) is 1.24. The maximum atomic E-state index is 14.2. The maximum Gasteiger partial charge on any atom is 0.262 e. The number of carbonyl (C=O) groups excluding carboxylic acids is 2. The minimum atomic E-state index is -2.29. The van der Waals surface area contributed by atoms with Crippen LogP contribution in [0.1, 0.15) is 28.5 Å². The number of aromatic nitrogens is 3. The Kier molecular flexibility index (Phi) is 6.94. The van der Waals surface area contributed by atoms with Gasteiger partial charge >= 0.3 is 0 Å². The Bertz CT molecular complexity index is 1550. The van der Waals surface area contributed by atoms with Crippen molar-refractivity contribution >= 4 is 40.8 Å². The fourth-order valence-electron chi connectivity index (χ4n) is 5.02. The normalized spacial score (nSPS) is 18.1. The fraction of sp³-hybridized carbons (Fsp3) is 0.214. The minimum Gasteiger partial charge on any atom is -0.376 e. The van der Waals surface area contributed by atoms with Crippen LogP contribution in [0.3, 0.4) is 0 Å². The molecular weight excluding hydrogens is 541 g/mol. The van der Waals surface area contributed by atoms with Gasteiger partial charge in [-0.3, -0.25) is 24.2 Å². The predicted molar refractivity (Wildman–Crippen MR) is 147 cm³/mol. The Hall–Kier alpha value is -3.76. The van der Waals surface area contributed by atoms with Crippen molar-refractivity contribution < 1.29 is 19.4 Å². The summed E-state index contributed by atoms with van der Waals surface area (Å²) >= 11 is 12.1. The molecule has 0 saturated carbocycles. The van der Waals surface area contributed by atoms with Gasteiger partial charge in [-0.25, -0.2) is 0 Å². The molecule has 0 saturated heterocycles. The average Bonchev–Trinajstić information content (AvgIpc) is 3.44. The average molecular weight is 566 g/mol. The summed E-state index contributed by atoms with van der Waals surface area (Å²) in [5.41, 5.74) is -1.77. The van der Waals surface area contributed by atoms with Crippen LogP contribution < -0.4 is 5.32 Å². The van der Waals surface area contributed by atoms with Crippen LogP contribution in [0.4, 0.5) is 5.82 Å². The van der Waals surface area contributed by atoms with Gasteiger partial charge in [-0.05, 0) is 42.3 Å². The van der Waals surface area contributed by atoms with Crippen molar-refractivity contribution in [3.05, 3.63) is 99.9 Å². The molecule has 0 bridgehead atoms. The molecule has 1 aliphatic heterocycles. The molecule has 2 aromatic heterocycles. The van der Waals surface area contributed by atoms with E-state index in [1.54, 1.807) is 73.9 Å². The van der Waals surface area contributed by atoms with Crippen LogP contribution in [0.15, 0.2) is 73.1 Å². The number of carbonyl (C=O) groups is 2. The number of aryl methyl sites for hydroxylation is 1. The second kappa shape index (κ2) is 10.1. The van der Waals surface area contributed by atoms with Crippen LogP contribution in [-0.2, 0) is 28.8 Å². The summed E-state index contributed by atoms with van der Waals surface area (Å²) in [7, 11) is 3.05. The third kappa shape index (κ3) is 4.47. The highest BCUT2D eigenvalue weighted by Gasteiger charge is 2.64. The molecule has 0 spiro atoms. The van der Waals surface area contributed by atoms with Gasteiger partial charge in [0.15, 0.2) is 11.4 Å². The van der Waals surface area contributed by atoms with Crippen molar-refractivity contribution in [3.63, 3.8) is 0 Å². The van der Waals surface area contributed by atoms with Crippen LogP contribution in [0.5, 0.6) is 0 Å². The van der Waals surface area contributed by atoms with Crippen molar-refractivity contribution in [3.8, 4) is 11.1 Å². The molecule has 2 atom stereocenters. The molecule has 1 unspecified atom stereocenters. The molecule has 9 nitrogen and oxygen atoms in total. The second-order valence-corrected chi connectivity index (χ2v) is 10.2. The van der Waals surface area contributed by atoms with Crippen LogP contribution >= 0.6 is 23.2 Å². The Balaban J connectivity index is 1.69. The molecule has 4 aromatic rings. The van der Waals surface area contributed by atoms with E-state index in [0.717, 1.165) is 5.56 Å². The Morgan fingerprint density at radius 3 is 2.44 bits per heavy atom. The number of nitrogens with zero attached hydrogens (tertiary/aromatic N) is 4. The van der Waals surface area contributed by atoms with Crippen LogP contribution in [0.25, 0.3) is 11.1 Å². The molecule has 5 rings (SSSR count). The number of anilines is 1. The number of methoxy groups -OCH3 is 1. The van der Waals surface area contributed by atoms with Crippen LogP contribution in [-0.4, -0.2) is 49.3 Å². The first kappa shape index (κ1) is 26.8. The van der Waals surface area contributed by atoms with Crippen molar-refractivity contribution in [2.24, 2.45) is 7.05 Å². The fourth-order valence-corrected chi connectivity index (χ4v) is 5.26. The van der Waals surface area contributed by atoms with Gasteiger partial charge in [0.1, 0.15) is 0 Å². The first-order valence-corrected chi connectivity index (χ1v) is 12.7. The number of ether oxygens (including phenoxy) is 1. The van der Waals surface area contributed by atoms with E-state index in [2.05, 4.69) is 15.4 Å². The minimum absolute atomic E-state index is 0.0778. The highest BCUT2D eigenvalue weighted by molar-refractivity contribution is 6.30. The second-order valence-electron chi connectivity index (χ2n) is 9.34. The zero-order valence-electron chi connectivity index (χ0n) is 21.4. The van der Waals surface area contributed by atoms with Crippen LogP contribution in [0, 0.1) is 0 Å². The molecule has 200 valence electrons. The van der Waals surface area contributed by atoms with Crippen LogP contribution in [0.2, 0.25) is 10.0 Å². The summed E-state index contributed by atoms with van der Waals surface area (Å²) in [4.78, 5) is 33.6. The quantitative estimate of drug-likeness (QED) is 0.338. The number of rotatable bonds is 7. The first-order valence-electron chi connectivity index (χ1n) is 12.0. The summed E-state index contributed by atoms with van der Waals surface area (Å²) in [6.07, 6.45) is 3.12. The zero-order chi connectivity index (χ0) is 27.9. The monoisotopic (exact) mass is 565 g/mol. The Morgan fingerprint density at radius 2 is 1.82 bits per heavy atom. The highest BCUT2D eigenvalue weighted by Crippen LogP contribution is 2.50. The number of fused-ring (bicyclic) bond motifs is 1. The number of hydrogen-bond acceptors (Lipinski definition) is 6. The molecule has 1 aliphatic rings. The van der Waals surface area contributed by atoms with Crippen molar-refractivity contribution in [2.45, 2.75) is 24.8 Å². The zero-order valence-corrected chi connectivity index (χ0v) is 22.9. The Labute approximate surface area is 234 Å². The number of amides is 2. The number of aliphatic hydroxyl groups is 1. The summed E-state index contributed by atoms with van der Waals surface area (Å²) in [5.74, 6) is -1.02. The lowest BCUT2D eigenvalue weighted by Crippen LogP contribution is -2.64. The highest BCUT2D eigenvalue weighted by atomic mass is 35.5. The van der Waals surface area contributed by atoms with E-state index >= 15 is 0 Å². The van der Waals surface area contributed by atoms with E-state index in [4.69, 9.17) is 27.9 Å². The number of benzene rings is 2. The third-order valence-corrected chi connectivity index (χ3v) is 7.36. The van der Waals surface area contributed by atoms with E-state index in [0.29, 0.717) is 32.4 Å². The van der Waals surface area contributed by atoms with Crippen molar-refractivity contribution in [1.29, 1.82) is 0 Å². The largest absolute Gasteiger partial charge is 0.376 e. The molecule has 3 heterocycles. The Morgan fingerprint density at radius 1 is 1.10 bits per heavy atom. The molecular formula is C28H25Cl2N5O4. The van der Waals surface area contributed by atoms with Gasteiger partial charge in [-0.2, -0.15) is 5.10 Å². The predicted octanol–water partition coefficient (Wildman–Crippen LogP) is 4.63. The lowest BCUT2D eigenvalue weighted by molar-refractivity contribution is -0.227. The SMILES string of the molecule is CO[C@@]1(C(C)(O)C(=O)Nc2ccn(C)n2)c2cccc(-c3ccc(Cl)cc3)c2C(=O)N1Cc1ccc(Cl)cn1. The van der Waals surface area contributed by atoms with Crippen molar-refractivity contribution in [1.82, 2.24) is 19.7 Å². The van der Waals surface area contributed by atoms with Gasteiger partial charge in [0.05, 0.1) is 22.8 Å². The summed E-state index contributed by atoms with van der Waals surface area (Å²) in [5, 5.41) is 19.8. The van der Waals surface area contributed by atoms with Gasteiger partial charge in [-0.15, -0.1) is 0 Å². The van der Waals surface area contributed by atoms with Gasteiger partial charge in [0.2, 0.25) is 5.72 Å². The number of nitrogens with one attached hydrogen (secondary N) is 1. The van der Waals surface area contributed by atoms with Gasteiger partial charge < -0.3 is 15.2 Å². The van der Waals surface area contributed by atoms with Crippen molar-refractivity contribution in [2.75, 3.05) is 12.4 Å². The van der Waals surface area contributed by atoms with E-state index in [-0.39, 0.29) is 12.4 Å².